The number of imide groups is 2. The van der Waals surface area contributed by atoms with Crippen LogP contribution in [0.3, 0.4) is 0 Å². The van der Waals surface area contributed by atoms with E-state index in [2.05, 4.69) is 5.32 Å². The first-order valence-corrected chi connectivity index (χ1v) is 8.46. The molecule has 0 unspecified atom stereocenters. The second kappa shape index (κ2) is 8.52. The van der Waals surface area contributed by atoms with Crippen molar-refractivity contribution in [3.05, 3.63) is 23.8 Å². The second-order valence-corrected chi connectivity index (χ2v) is 6.23. The molecule has 1 fully saturated rings. The Kier molecular flexibility index (Phi) is 6.38. The summed E-state index contributed by atoms with van der Waals surface area (Å²) in [7, 11) is 3.08. The molecule has 0 bridgehead atoms. The summed E-state index contributed by atoms with van der Waals surface area (Å²) in [5.41, 5.74) is 0.919. The maximum atomic E-state index is 12.1. The van der Waals surface area contributed by atoms with Gasteiger partial charge in [-0.15, -0.1) is 0 Å². The number of hydrogen-bond acceptors (Lipinski definition) is 6. The van der Waals surface area contributed by atoms with Crippen molar-refractivity contribution in [2.24, 2.45) is 0 Å². The molecule has 2 rings (SSSR count). The number of nitrogens with zero attached hydrogens (tertiary/aromatic N) is 2. The Morgan fingerprint density at radius 2 is 1.74 bits per heavy atom. The minimum absolute atomic E-state index is 0.298. The van der Waals surface area contributed by atoms with E-state index in [1.807, 2.05) is 6.07 Å². The number of urea groups is 1. The Morgan fingerprint density at radius 1 is 1.07 bits per heavy atom. The lowest BCUT2D eigenvalue weighted by molar-refractivity contribution is -0.144. The smallest absolute Gasteiger partial charge is 0.334 e. The van der Waals surface area contributed by atoms with Crippen LogP contribution >= 0.6 is 0 Å². The number of rotatable bonds is 8. The quantitative estimate of drug-likeness (QED) is 0.524. The highest BCUT2D eigenvalue weighted by molar-refractivity contribution is 6.45. The highest BCUT2D eigenvalue weighted by atomic mass is 16.5. The maximum absolute atomic E-state index is 12.1. The summed E-state index contributed by atoms with van der Waals surface area (Å²) in [5.74, 6) is -1.22. The summed E-state index contributed by atoms with van der Waals surface area (Å²) in [6, 6.07) is 4.20. The van der Waals surface area contributed by atoms with Gasteiger partial charge in [0.2, 0.25) is 5.91 Å². The van der Waals surface area contributed by atoms with Crippen LogP contribution in [0, 0.1) is 0 Å². The number of methoxy groups -OCH3 is 2. The highest BCUT2D eigenvalue weighted by Gasteiger charge is 2.46. The third kappa shape index (κ3) is 4.36. The van der Waals surface area contributed by atoms with Crippen molar-refractivity contribution >= 4 is 23.8 Å². The molecule has 0 aliphatic carbocycles. The van der Waals surface area contributed by atoms with E-state index in [0.29, 0.717) is 29.4 Å². The number of benzene rings is 1. The average Bonchev–Trinajstić information content (AvgIpc) is 2.84. The van der Waals surface area contributed by atoms with E-state index in [0.717, 1.165) is 10.5 Å². The standard InChI is InChI=1S/C18H23N3O6/c1-11(2)21-17(24)16(23)20(18(21)25)10-15(22)19-8-7-12-5-6-13(26-3)14(9-12)27-4/h5-6,9,11H,7-8,10H2,1-4H3,(H,19,22). The van der Waals surface area contributed by atoms with Crippen molar-refractivity contribution in [1.29, 1.82) is 0 Å². The maximum Gasteiger partial charge on any atom is 0.334 e. The average molecular weight is 377 g/mol. The minimum atomic E-state index is -0.983. The lowest BCUT2D eigenvalue weighted by Gasteiger charge is -2.18. The predicted molar refractivity (Wildman–Crippen MR) is 95.4 cm³/mol. The lowest BCUT2D eigenvalue weighted by atomic mass is 10.1. The summed E-state index contributed by atoms with van der Waals surface area (Å²) >= 11 is 0. The minimum Gasteiger partial charge on any atom is -0.493 e. The van der Waals surface area contributed by atoms with Crippen LogP contribution in [0.2, 0.25) is 0 Å². The molecule has 1 aliphatic rings. The number of carbonyl (C=O) groups is 4. The van der Waals surface area contributed by atoms with E-state index in [1.165, 1.54) is 7.11 Å². The Labute approximate surface area is 157 Å². The zero-order valence-electron chi connectivity index (χ0n) is 15.8. The molecule has 0 aromatic heterocycles. The number of ether oxygens (including phenoxy) is 2. The molecule has 1 N–H and O–H groups in total. The van der Waals surface area contributed by atoms with Crippen molar-refractivity contribution in [1.82, 2.24) is 15.1 Å². The molecule has 1 aliphatic heterocycles. The highest BCUT2D eigenvalue weighted by Crippen LogP contribution is 2.27. The lowest BCUT2D eigenvalue weighted by Crippen LogP contribution is -2.42. The molecular formula is C18H23N3O6. The Hall–Kier alpha value is -3.10. The molecule has 0 spiro atoms. The molecule has 0 atom stereocenters. The van der Waals surface area contributed by atoms with Gasteiger partial charge in [0.25, 0.3) is 0 Å². The van der Waals surface area contributed by atoms with Gasteiger partial charge in [-0.2, -0.15) is 0 Å². The fourth-order valence-corrected chi connectivity index (χ4v) is 2.70. The molecule has 5 amide bonds. The first-order chi connectivity index (χ1) is 12.8. The van der Waals surface area contributed by atoms with Crippen molar-refractivity contribution < 1.29 is 28.7 Å². The van der Waals surface area contributed by atoms with E-state index < -0.39 is 36.3 Å². The largest absolute Gasteiger partial charge is 0.493 e. The van der Waals surface area contributed by atoms with Crippen LogP contribution in [-0.4, -0.2) is 66.9 Å². The van der Waals surface area contributed by atoms with E-state index in [9.17, 15) is 19.2 Å². The van der Waals surface area contributed by atoms with Crippen molar-refractivity contribution in [3.63, 3.8) is 0 Å². The van der Waals surface area contributed by atoms with Gasteiger partial charge < -0.3 is 14.8 Å². The topological polar surface area (TPSA) is 105 Å². The van der Waals surface area contributed by atoms with Gasteiger partial charge in [0, 0.05) is 12.6 Å². The first-order valence-electron chi connectivity index (χ1n) is 8.46. The molecule has 1 saturated heterocycles. The summed E-state index contributed by atoms with van der Waals surface area (Å²) in [6.07, 6.45) is 0.519. The summed E-state index contributed by atoms with van der Waals surface area (Å²) < 4.78 is 10.4. The van der Waals surface area contributed by atoms with Gasteiger partial charge in [-0.25, -0.2) is 9.69 Å². The predicted octanol–water partition coefficient (Wildman–Crippen LogP) is 0.562. The summed E-state index contributed by atoms with van der Waals surface area (Å²) in [6.45, 7) is 3.05. The van der Waals surface area contributed by atoms with Crippen molar-refractivity contribution in [2.45, 2.75) is 26.3 Å². The van der Waals surface area contributed by atoms with E-state index >= 15 is 0 Å². The first kappa shape index (κ1) is 20.2. The Balaban J connectivity index is 1.89. The van der Waals surface area contributed by atoms with Crippen molar-refractivity contribution in [3.8, 4) is 11.5 Å². The van der Waals surface area contributed by atoms with Gasteiger partial charge in [-0.1, -0.05) is 6.07 Å². The second-order valence-electron chi connectivity index (χ2n) is 6.23. The molecule has 9 nitrogen and oxygen atoms in total. The number of amides is 5. The van der Waals surface area contributed by atoms with Gasteiger partial charge in [0.05, 0.1) is 14.2 Å². The van der Waals surface area contributed by atoms with Crippen LogP contribution in [0.15, 0.2) is 18.2 Å². The van der Waals surface area contributed by atoms with E-state index in [-0.39, 0.29) is 0 Å². The van der Waals surface area contributed by atoms with Crippen LogP contribution in [0.5, 0.6) is 11.5 Å². The molecule has 1 aromatic rings. The third-order valence-corrected chi connectivity index (χ3v) is 4.09. The molecule has 9 heteroatoms. The number of carbonyl (C=O) groups excluding carboxylic acids is 4. The van der Waals surface area contributed by atoms with Gasteiger partial charge in [0.1, 0.15) is 6.54 Å². The summed E-state index contributed by atoms with van der Waals surface area (Å²) in [4.78, 5) is 49.4. The fourth-order valence-electron chi connectivity index (χ4n) is 2.70. The van der Waals surface area contributed by atoms with Crippen LogP contribution < -0.4 is 14.8 Å². The number of hydrogen-bond donors (Lipinski definition) is 1. The molecule has 0 radical (unpaired) electrons. The van der Waals surface area contributed by atoms with Crippen LogP contribution in [0.25, 0.3) is 0 Å². The Morgan fingerprint density at radius 3 is 2.30 bits per heavy atom. The molecule has 1 heterocycles. The Bertz CT molecular complexity index is 761. The van der Waals surface area contributed by atoms with Crippen LogP contribution in [-0.2, 0) is 20.8 Å². The SMILES string of the molecule is COc1ccc(CCNC(=O)CN2C(=O)C(=O)N(C(C)C)C2=O)cc1OC. The molecule has 27 heavy (non-hydrogen) atoms. The van der Waals surface area contributed by atoms with E-state index in [4.69, 9.17) is 9.47 Å². The van der Waals surface area contributed by atoms with Gasteiger partial charge in [0.15, 0.2) is 11.5 Å². The molecule has 1 aromatic carbocycles. The number of nitrogens with one attached hydrogen (secondary N) is 1. The fraction of sp³-hybridized carbons (Fsp3) is 0.444. The van der Waals surface area contributed by atoms with Gasteiger partial charge in [-0.3, -0.25) is 19.3 Å². The summed E-state index contributed by atoms with van der Waals surface area (Å²) in [5, 5.41) is 2.64. The zero-order valence-corrected chi connectivity index (χ0v) is 15.8. The molecular weight excluding hydrogens is 354 g/mol. The van der Waals surface area contributed by atoms with Gasteiger partial charge in [-0.05, 0) is 38.0 Å². The normalized spacial score (nSPS) is 14.2. The third-order valence-electron chi connectivity index (χ3n) is 4.09. The molecule has 0 saturated carbocycles. The monoisotopic (exact) mass is 377 g/mol. The van der Waals surface area contributed by atoms with Gasteiger partial charge >= 0.3 is 17.8 Å². The molecule has 146 valence electrons. The van der Waals surface area contributed by atoms with Crippen LogP contribution in [0.1, 0.15) is 19.4 Å². The van der Waals surface area contributed by atoms with Crippen molar-refractivity contribution in [2.75, 3.05) is 27.3 Å². The van der Waals surface area contributed by atoms with E-state index in [1.54, 1.807) is 33.1 Å². The zero-order chi connectivity index (χ0) is 20.1. The van der Waals surface area contributed by atoms with Crippen LogP contribution in [0.4, 0.5) is 4.79 Å².